The average Bonchev–Trinajstić information content (AvgIpc) is 3.22. The summed E-state index contributed by atoms with van der Waals surface area (Å²) in [5.74, 6) is -0.198. The fourth-order valence-electron chi connectivity index (χ4n) is 2.80. The Bertz CT molecular complexity index is 873. The lowest BCUT2D eigenvalue weighted by atomic mass is 10.1. The molecule has 3 N–H and O–H groups in total. The van der Waals surface area contributed by atoms with Crippen LogP contribution in [0.5, 0.6) is 0 Å². The van der Waals surface area contributed by atoms with Crippen LogP contribution < -0.4 is 5.32 Å². The van der Waals surface area contributed by atoms with E-state index in [4.69, 9.17) is 0 Å². The minimum absolute atomic E-state index is 0.0358. The quantitative estimate of drug-likeness (QED) is 0.634. The van der Waals surface area contributed by atoms with Crippen molar-refractivity contribution in [2.45, 2.75) is 46.7 Å². The molecule has 0 aliphatic rings. The van der Waals surface area contributed by atoms with Gasteiger partial charge in [0.15, 0.2) is 0 Å². The number of aromatic nitrogens is 6. The number of amides is 1. The van der Waals surface area contributed by atoms with E-state index in [2.05, 4.69) is 30.8 Å². The number of carbonyl (C=O) groups is 1. The molecular weight excluding hydrogens is 318 g/mol. The molecule has 3 heterocycles. The summed E-state index contributed by atoms with van der Waals surface area (Å²) in [6.45, 7) is 8.42. The Hall–Kier alpha value is -2.90. The summed E-state index contributed by atoms with van der Waals surface area (Å²) in [7, 11) is 0. The SMILES string of the molecule is Cc1cc(C)n(Cc2cc(C(=O)NC(C)Cc3cc(C)[nH]n3)n[nH]2)n1. The van der Waals surface area contributed by atoms with E-state index < -0.39 is 0 Å². The first-order valence-electron chi connectivity index (χ1n) is 8.28. The van der Waals surface area contributed by atoms with E-state index in [-0.39, 0.29) is 11.9 Å². The van der Waals surface area contributed by atoms with Gasteiger partial charge in [-0.3, -0.25) is 19.7 Å². The smallest absolute Gasteiger partial charge is 0.271 e. The van der Waals surface area contributed by atoms with Crippen molar-refractivity contribution in [2.24, 2.45) is 0 Å². The van der Waals surface area contributed by atoms with Crippen molar-refractivity contribution in [1.29, 1.82) is 0 Å². The first kappa shape index (κ1) is 16.9. The largest absolute Gasteiger partial charge is 0.348 e. The molecule has 3 rings (SSSR count). The summed E-state index contributed by atoms with van der Waals surface area (Å²) in [4.78, 5) is 12.3. The lowest BCUT2D eigenvalue weighted by Gasteiger charge is -2.11. The number of rotatable bonds is 6. The van der Waals surface area contributed by atoms with Crippen LogP contribution in [0.25, 0.3) is 0 Å². The molecule has 8 heteroatoms. The van der Waals surface area contributed by atoms with Gasteiger partial charge >= 0.3 is 0 Å². The average molecular weight is 341 g/mol. The highest BCUT2D eigenvalue weighted by Crippen LogP contribution is 2.08. The first-order chi connectivity index (χ1) is 11.9. The van der Waals surface area contributed by atoms with Crippen LogP contribution in [0.15, 0.2) is 18.2 Å². The summed E-state index contributed by atoms with van der Waals surface area (Å²) in [5.41, 5.74) is 5.19. The van der Waals surface area contributed by atoms with Gasteiger partial charge in [0.25, 0.3) is 5.91 Å². The van der Waals surface area contributed by atoms with Crippen LogP contribution in [-0.4, -0.2) is 42.1 Å². The molecule has 0 saturated heterocycles. The molecule has 0 radical (unpaired) electrons. The van der Waals surface area contributed by atoms with Gasteiger partial charge < -0.3 is 5.32 Å². The van der Waals surface area contributed by atoms with Crippen LogP contribution in [0.4, 0.5) is 0 Å². The van der Waals surface area contributed by atoms with E-state index in [1.165, 1.54) is 0 Å². The van der Waals surface area contributed by atoms with Gasteiger partial charge in [-0.1, -0.05) is 0 Å². The summed E-state index contributed by atoms with van der Waals surface area (Å²) in [6, 6.07) is 5.72. The highest BCUT2D eigenvalue weighted by Gasteiger charge is 2.15. The molecule has 25 heavy (non-hydrogen) atoms. The third-order valence-electron chi connectivity index (χ3n) is 3.94. The van der Waals surface area contributed by atoms with Crippen molar-refractivity contribution >= 4 is 5.91 Å². The molecule has 1 amide bonds. The second-order valence-corrected chi connectivity index (χ2v) is 6.48. The van der Waals surface area contributed by atoms with Crippen LogP contribution in [0, 0.1) is 20.8 Å². The van der Waals surface area contributed by atoms with Crippen LogP contribution in [0.2, 0.25) is 0 Å². The topological polar surface area (TPSA) is 104 Å². The van der Waals surface area contributed by atoms with Crippen LogP contribution in [0.1, 0.15) is 45.9 Å². The monoisotopic (exact) mass is 341 g/mol. The number of H-pyrrole nitrogens is 2. The molecule has 0 fully saturated rings. The van der Waals surface area contributed by atoms with Crippen LogP contribution in [-0.2, 0) is 13.0 Å². The number of aromatic amines is 2. The minimum atomic E-state index is -0.198. The molecule has 8 nitrogen and oxygen atoms in total. The normalized spacial score (nSPS) is 12.3. The van der Waals surface area contributed by atoms with Gasteiger partial charge in [-0.15, -0.1) is 0 Å². The van der Waals surface area contributed by atoms with E-state index >= 15 is 0 Å². The van der Waals surface area contributed by atoms with Gasteiger partial charge in [0.2, 0.25) is 0 Å². The highest BCUT2D eigenvalue weighted by molar-refractivity contribution is 5.92. The summed E-state index contributed by atoms with van der Waals surface area (Å²) in [6.07, 6.45) is 0.666. The van der Waals surface area contributed by atoms with Crippen LogP contribution in [0.3, 0.4) is 0 Å². The zero-order valence-electron chi connectivity index (χ0n) is 14.9. The van der Waals surface area contributed by atoms with Crippen molar-refractivity contribution in [2.75, 3.05) is 0 Å². The Labute approximate surface area is 146 Å². The Morgan fingerprint density at radius 1 is 1.20 bits per heavy atom. The lowest BCUT2D eigenvalue weighted by molar-refractivity contribution is 0.0935. The second-order valence-electron chi connectivity index (χ2n) is 6.48. The van der Waals surface area contributed by atoms with E-state index in [1.54, 1.807) is 6.07 Å². The zero-order valence-corrected chi connectivity index (χ0v) is 14.9. The minimum Gasteiger partial charge on any atom is -0.348 e. The molecule has 1 atom stereocenters. The predicted molar refractivity (Wildman–Crippen MR) is 93.3 cm³/mol. The number of hydrogen-bond donors (Lipinski definition) is 3. The zero-order chi connectivity index (χ0) is 18.0. The van der Waals surface area contributed by atoms with Crippen molar-refractivity contribution in [3.8, 4) is 0 Å². The second kappa shape index (κ2) is 6.92. The van der Waals surface area contributed by atoms with E-state index in [9.17, 15) is 4.79 Å². The predicted octanol–water partition coefficient (Wildman–Crippen LogP) is 1.66. The standard InChI is InChI=1S/C17H23N7O/c1-10(6-14-7-11(2)19-20-14)18-17(25)16-8-15(21-22-16)9-24-13(4)5-12(3)23-24/h5,7-8,10H,6,9H2,1-4H3,(H,18,25)(H,19,20)(H,21,22). The van der Waals surface area contributed by atoms with Crippen molar-refractivity contribution in [1.82, 2.24) is 35.5 Å². The molecule has 0 aromatic carbocycles. The molecule has 0 bridgehead atoms. The summed E-state index contributed by atoms with van der Waals surface area (Å²) >= 11 is 0. The molecule has 0 spiro atoms. The number of hydrogen-bond acceptors (Lipinski definition) is 4. The molecule has 3 aromatic heterocycles. The summed E-state index contributed by atoms with van der Waals surface area (Å²) < 4.78 is 1.88. The van der Waals surface area contributed by atoms with Crippen molar-refractivity contribution in [3.05, 3.63) is 52.4 Å². The maximum Gasteiger partial charge on any atom is 0.271 e. The number of aryl methyl sites for hydroxylation is 3. The first-order valence-corrected chi connectivity index (χ1v) is 8.28. The van der Waals surface area contributed by atoms with E-state index in [1.807, 2.05) is 44.5 Å². The Balaban J connectivity index is 1.59. The maximum atomic E-state index is 12.3. The van der Waals surface area contributed by atoms with E-state index in [0.717, 1.165) is 28.5 Å². The van der Waals surface area contributed by atoms with Gasteiger partial charge in [-0.2, -0.15) is 15.3 Å². The Morgan fingerprint density at radius 2 is 2.00 bits per heavy atom. The highest BCUT2D eigenvalue weighted by atomic mass is 16.2. The fraction of sp³-hybridized carbons (Fsp3) is 0.412. The molecule has 1 unspecified atom stereocenters. The molecule has 0 aliphatic heterocycles. The van der Waals surface area contributed by atoms with Crippen molar-refractivity contribution < 1.29 is 4.79 Å². The Kier molecular flexibility index (Phi) is 4.69. The summed E-state index contributed by atoms with van der Waals surface area (Å²) in [5, 5.41) is 21.5. The molecule has 3 aromatic rings. The number of nitrogens with zero attached hydrogens (tertiary/aromatic N) is 4. The molecular formula is C17H23N7O. The Morgan fingerprint density at radius 3 is 2.64 bits per heavy atom. The van der Waals surface area contributed by atoms with Gasteiger partial charge in [0, 0.05) is 23.9 Å². The number of carbonyl (C=O) groups excluding carboxylic acids is 1. The molecule has 0 aliphatic carbocycles. The fourth-order valence-corrected chi connectivity index (χ4v) is 2.80. The third kappa shape index (κ3) is 4.14. The third-order valence-corrected chi connectivity index (χ3v) is 3.94. The van der Waals surface area contributed by atoms with Gasteiger partial charge in [-0.05, 0) is 45.9 Å². The molecule has 132 valence electrons. The molecule has 0 saturated carbocycles. The van der Waals surface area contributed by atoms with Gasteiger partial charge in [0.1, 0.15) is 5.69 Å². The van der Waals surface area contributed by atoms with Crippen LogP contribution >= 0.6 is 0 Å². The maximum absolute atomic E-state index is 12.3. The van der Waals surface area contributed by atoms with Gasteiger partial charge in [0.05, 0.1) is 23.6 Å². The van der Waals surface area contributed by atoms with E-state index in [0.29, 0.717) is 18.7 Å². The van der Waals surface area contributed by atoms with Crippen molar-refractivity contribution in [3.63, 3.8) is 0 Å². The lowest BCUT2D eigenvalue weighted by Crippen LogP contribution is -2.34. The number of nitrogens with one attached hydrogen (secondary N) is 3. The van der Waals surface area contributed by atoms with Gasteiger partial charge in [-0.25, -0.2) is 0 Å².